The van der Waals surface area contributed by atoms with Gasteiger partial charge >= 0.3 is 0 Å². The van der Waals surface area contributed by atoms with Crippen LogP contribution in [0.5, 0.6) is 0 Å². The van der Waals surface area contributed by atoms with E-state index in [-0.39, 0.29) is 0 Å². The molecule has 0 aromatic rings. The lowest BCUT2D eigenvalue weighted by atomic mass is 9.88. The van der Waals surface area contributed by atoms with E-state index in [0.29, 0.717) is 11.6 Å². The monoisotopic (exact) mass is 252 g/mol. The summed E-state index contributed by atoms with van der Waals surface area (Å²) < 4.78 is 0. The molecule has 2 heteroatoms. The standard InChI is InChI=1S/C16H32N2/c1-6-12(3)15-11-18(14(7-2)10-17-15)16(4,5)13-8-9-13/h12-15,17H,6-11H2,1-5H3. The van der Waals surface area contributed by atoms with E-state index in [1.165, 1.54) is 38.8 Å². The van der Waals surface area contributed by atoms with E-state index < -0.39 is 0 Å². The summed E-state index contributed by atoms with van der Waals surface area (Å²) in [4.78, 5) is 2.83. The number of nitrogens with one attached hydrogen (secondary N) is 1. The first-order chi connectivity index (χ1) is 8.50. The Morgan fingerprint density at radius 2 is 1.94 bits per heavy atom. The highest BCUT2D eigenvalue weighted by atomic mass is 15.3. The van der Waals surface area contributed by atoms with Crippen molar-refractivity contribution < 1.29 is 0 Å². The van der Waals surface area contributed by atoms with E-state index in [0.717, 1.165) is 17.9 Å². The van der Waals surface area contributed by atoms with Crippen molar-refractivity contribution in [2.45, 2.75) is 77.9 Å². The third-order valence-electron chi connectivity index (χ3n) is 5.57. The van der Waals surface area contributed by atoms with Crippen LogP contribution in [0, 0.1) is 11.8 Å². The molecule has 0 aromatic carbocycles. The maximum Gasteiger partial charge on any atom is 0.0224 e. The molecule has 2 nitrogen and oxygen atoms in total. The van der Waals surface area contributed by atoms with Gasteiger partial charge < -0.3 is 5.32 Å². The van der Waals surface area contributed by atoms with Crippen molar-refractivity contribution in [3.8, 4) is 0 Å². The fraction of sp³-hybridized carbons (Fsp3) is 1.00. The molecule has 1 saturated heterocycles. The highest BCUT2D eigenvalue weighted by Crippen LogP contribution is 2.44. The fourth-order valence-electron chi connectivity index (χ4n) is 3.58. The second kappa shape index (κ2) is 5.50. The van der Waals surface area contributed by atoms with Gasteiger partial charge in [0.05, 0.1) is 0 Å². The molecule has 1 N–H and O–H groups in total. The van der Waals surface area contributed by atoms with Gasteiger partial charge in [0.2, 0.25) is 0 Å². The Labute approximate surface area is 114 Å². The minimum absolute atomic E-state index is 0.411. The van der Waals surface area contributed by atoms with Crippen molar-refractivity contribution in [3.05, 3.63) is 0 Å². The second-order valence-corrected chi connectivity index (χ2v) is 7.04. The Kier molecular flexibility index (Phi) is 4.38. The molecular weight excluding hydrogens is 220 g/mol. The minimum atomic E-state index is 0.411. The number of rotatable bonds is 5. The summed E-state index contributed by atoms with van der Waals surface area (Å²) in [5, 5.41) is 3.79. The van der Waals surface area contributed by atoms with Crippen LogP contribution in [-0.2, 0) is 0 Å². The Balaban J connectivity index is 2.07. The van der Waals surface area contributed by atoms with Gasteiger partial charge in [-0.2, -0.15) is 0 Å². The fourth-order valence-corrected chi connectivity index (χ4v) is 3.58. The molecule has 3 atom stereocenters. The lowest BCUT2D eigenvalue weighted by molar-refractivity contribution is 0.00612. The van der Waals surface area contributed by atoms with Crippen LogP contribution >= 0.6 is 0 Å². The number of piperazine rings is 1. The minimum Gasteiger partial charge on any atom is -0.311 e. The van der Waals surface area contributed by atoms with Crippen LogP contribution in [0.15, 0.2) is 0 Å². The first-order valence-electron chi connectivity index (χ1n) is 8.00. The summed E-state index contributed by atoms with van der Waals surface area (Å²) in [6, 6.07) is 1.43. The molecule has 3 unspecified atom stereocenters. The van der Waals surface area contributed by atoms with Crippen LogP contribution in [0.25, 0.3) is 0 Å². The van der Waals surface area contributed by atoms with E-state index in [9.17, 15) is 0 Å². The molecular formula is C16H32N2. The van der Waals surface area contributed by atoms with Crippen LogP contribution in [0.4, 0.5) is 0 Å². The van der Waals surface area contributed by atoms with Crippen LogP contribution in [-0.4, -0.2) is 35.6 Å². The molecule has 0 bridgehead atoms. The lowest BCUT2D eigenvalue weighted by Gasteiger charge is -2.50. The van der Waals surface area contributed by atoms with Crippen LogP contribution in [0.2, 0.25) is 0 Å². The van der Waals surface area contributed by atoms with E-state index >= 15 is 0 Å². The number of hydrogen-bond donors (Lipinski definition) is 1. The van der Waals surface area contributed by atoms with Crippen LogP contribution in [0.1, 0.15) is 60.3 Å². The highest BCUT2D eigenvalue weighted by Gasteiger charge is 2.46. The van der Waals surface area contributed by atoms with Gasteiger partial charge in [-0.1, -0.05) is 27.2 Å². The van der Waals surface area contributed by atoms with E-state index in [2.05, 4.69) is 44.8 Å². The predicted molar refractivity (Wildman–Crippen MR) is 78.8 cm³/mol. The molecule has 1 saturated carbocycles. The van der Waals surface area contributed by atoms with Gasteiger partial charge in [-0.15, -0.1) is 0 Å². The highest BCUT2D eigenvalue weighted by molar-refractivity contribution is 5.02. The molecule has 1 heterocycles. The van der Waals surface area contributed by atoms with Crippen molar-refractivity contribution in [3.63, 3.8) is 0 Å². The first-order valence-corrected chi connectivity index (χ1v) is 8.00. The van der Waals surface area contributed by atoms with E-state index in [1.807, 2.05) is 0 Å². The summed E-state index contributed by atoms with van der Waals surface area (Å²) >= 11 is 0. The van der Waals surface area contributed by atoms with E-state index in [1.54, 1.807) is 0 Å². The summed E-state index contributed by atoms with van der Waals surface area (Å²) in [7, 11) is 0. The Morgan fingerprint density at radius 3 is 2.44 bits per heavy atom. The molecule has 2 aliphatic rings. The molecule has 0 aromatic heterocycles. The van der Waals surface area contributed by atoms with Crippen molar-refractivity contribution >= 4 is 0 Å². The molecule has 2 rings (SSSR count). The molecule has 18 heavy (non-hydrogen) atoms. The third-order valence-corrected chi connectivity index (χ3v) is 5.57. The van der Waals surface area contributed by atoms with Gasteiger partial charge in [0, 0.05) is 30.7 Å². The SMILES string of the molecule is CCC(C)C1CN(C(C)(C)C2CC2)C(CC)CN1. The Bertz CT molecular complexity index is 270. The Morgan fingerprint density at radius 1 is 1.28 bits per heavy atom. The zero-order valence-electron chi connectivity index (χ0n) is 13.0. The average molecular weight is 252 g/mol. The van der Waals surface area contributed by atoms with Gasteiger partial charge in [-0.25, -0.2) is 0 Å². The Hall–Kier alpha value is -0.0800. The summed E-state index contributed by atoms with van der Waals surface area (Å²) in [6.45, 7) is 14.4. The van der Waals surface area contributed by atoms with Gasteiger partial charge in [-0.05, 0) is 44.9 Å². The topological polar surface area (TPSA) is 15.3 Å². The van der Waals surface area contributed by atoms with Crippen LogP contribution in [0.3, 0.4) is 0 Å². The second-order valence-electron chi connectivity index (χ2n) is 7.04. The summed E-state index contributed by atoms with van der Waals surface area (Å²) in [5.74, 6) is 1.74. The number of nitrogens with zero attached hydrogens (tertiary/aromatic N) is 1. The quantitative estimate of drug-likeness (QED) is 0.808. The normalized spacial score (nSPS) is 32.5. The molecule has 2 fully saturated rings. The maximum absolute atomic E-state index is 3.79. The van der Waals surface area contributed by atoms with Gasteiger partial charge in [0.15, 0.2) is 0 Å². The van der Waals surface area contributed by atoms with Gasteiger partial charge in [0.1, 0.15) is 0 Å². The van der Waals surface area contributed by atoms with Crippen molar-refractivity contribution in [1.82, 2.24) is 10.2 Å². The largest absolute Gasteiger partial charge is 0.311 e. The van der Waals surface area contributed by atoms with Gasteiger partial charge in [-0.3, -0.25) is 4.90 Å². The predicted octanol–water partition coefficient (Wildman–Crippen LogP) is 3.27. The number of hydrogen-bond acceptors (Lipinski definition) is 2. The molecule has 0 radical (unpaired) electrons. The maximum atomic E-state index is 3.79. The zero-order chi connectivity index (χ0) is 13.3. The first kappa shape index (κ1) is 14.3. The molecule has 0 spiro atoms. The summed E-state index contributed by atoms with van der Waals surface area (Å²) in [6.07, 6.45) is 5.45. The lowest BCUT2D eigenvalue weighted by Crippen LogP contribution is -2.64. The van der Waals surface area contributed by atoms with Crippen LogP contribution < -0.4 is 5.32 Å². The van der Waals surface area contributed by atoms with Crippen molar-refractivity contribution in [2.24, 2.45) is 11.8 Å². The zero-order valence-corrected chi connectivity index (χ0v) is 13.0. The van der Waals surface area contributed by atoms with Gasteiger partial charge in [0.25, 0.3) is 0 Å². The smallest absolute Gasteiger partial charge is 0.0224 e. The summed E-state index contributed by atoms with van der Waals surface area (Å²) in [5.41, 5.74) is 0.411. The molecule has 106 valence electrons. The molecule has 1 aliphatic heterocycles. The van der Waals surface area contributed by atoms with Crippen molar-refractivity contribution in [1.29, 1.82) is 0 Å². The average Bonchev–Trinajstić information content (AvgIpc) is 3.21. The third kappa shape index (κ3) is 2.75. The van der Waals surface area contributed by atoms with E-state index in [4.69, 9.17) is 0 Å². The molecule has 0 amide bonds. The van der Waals surface area contributed by atoms with Crippen molar-refractivity contribution in [2.75, 3.05) is 13.1 Å². The molecule has 1 aliphatic carbocycles.